The Morgan fingerprint density at radius 3 is 2.88 bits per heavy atom. The second kappa shape index (κ2) is 8.61. The number of aromatic hydroxyl groups is 1. The van der Waals surface area contributed by atoms with E-state index in [-0.39, 0.29) is 11.4 Å². The van der Waals surface area contributed by atoms with E-state index in [1.54, 1.807) is 17.6 Å². The number of phenols is 1. The number of hydrazone groups is 1. The standard InChI is InChI=1S/C25H19ClN4O2S/c26-18-5-7-24-20(11-18)17(14-33-24)13-30-9-8-19-16(2-1-3-22(19)30)12-28-29-25(32)15-4-6-23(31)21(27)10-15/h1-12,14,31H,13,27H2,(H,29,32)/b28-12+. The fourth-order valence-electron chi connectivity index (χ4n) is 3.78. The van der Waals surface area contributed by atoms with Gasteiger partial charge in [0.05, 0.1) is 11.9 Å². The van der Waals surface area contributed by atoms with Crippen molar-refractivity contribution < 1.29 is 9.90 Å². The van der Waals surface area contributed by atoms with E-state index in [9.17, 15) is 9.90 Å². The largest absolute Gasteiger partial charge is 0.506 e. The predicted molar refractivity (Wildman–Crippen MR) is 135 cm³/mol. The smallest absolute Gasteiger partial charge is 0.271 e. The zero-order valence-corrected chi connectivity index (χ0v) is 18.9. The summed E-state index contributed by atoms with van der Waals surface area (Å²) in [5, 5.41) is 18.7. The van der Waals surface area contributed by atoms with Gasteiger partial charge in [-0.15, -0.1) is 11.3 Å². The Kier molecular flexibility index (Phi) is 5.50. The molecule has 0 saturated heterocycles. The van der Waals surface area contributed by atoms with Gasteiger partial charge in [0.1, 0.15) is 5.75 Å². The highest BCUT2D eigenvalue weighted by molar-refractivity contribution is 7.17. The highest BCUT2D eigenvalue weighted by Crippen LogP contribution is 2.30. The minimum Gasteiger partial charge on any atom is -0.506 e. The summed E-state index contributed by atoms with van der Waals surface area (Å²) in [5.41, 5.74) is 11.8. The molecule has 0 radical (unpaired) electrons. The number of benzene rings is 3. The molecule has 164 valence electrons. The number of nitrogen functional groups attached to an aromatic ring is 1. The molecule has 33 heavy (non-hydrogen) atoms. The number of nitrogens with zero attached hydrogens (tertiary/aromatic N) is 2. The van der Waals surface area contributed by atoms with Gasteiger partial charge in [0, 0.05) is 44.5 Å². The zero-order chi connectivity index (χ0) is 22.9. The van der Waals surface area contributed by atoms with Crippen LogP contribution in [0.3, 0.4) is 0 Å². The lowest BCUT2D eigenvalue weighted by atomic mass is 10.1. The zero-order valence-electron chi connectivity index (χ0n) is 17.3. The van der Waals surface area contributed by atoms with Crippen LogP contribution < -0.4 is 11.2 Å². The number of hydrogen-bond donors (Lipinski definition) is 3. The maximum Gasteiger partial charge on any atom is 0.271 e. The molecule has 0 atom stereocenters. The summed E-state index contributed by atoms with van der Waals surface area (Å²) in [6, 6.07) is 18.3. The van der Waals surface area contributed by atoms with Crippen LogP contribution in [-0.2, 0) is 6.54 Å². The normalized spacial score (nSPS) is 11.5. The van der Waals surface area contributed by atoms with Crippen LogP contribution in [0, 0.1) is 0 Å². The van der Waals surface area contributed by atoms with Crippen LogP contribution in [0.5, 0.6) is 5.75 Å². The number of thiophene rings is 1. The van der Waals surface area contributed by atoms with Crippen molar-refractivity contribution in [2.24, 2.45) is 5.10 Å². The van der Waals surface area contributed by atoms with E-state index in [0.717, 1.165) is 28.0 Å². The van der Waals surface area contributed by atoms with Crippen LogP contribution in [0.4, 0.5) is 5.69 Å². The number of rotatable bonds is 5. The summed E-state index contributed by atoms with van der Waals surface area (Å²) < 4.78 is 3.40. The lowest BCUT2D eigenvalue weighted by Gasteiger charge is -2.06. The molecule has 0 aliphatic rings. The Hall–Kier alpha value is -3.81. The highest BCUT2D eigenvalue weighted by Gasteiger charge is 2.10. The van der Waals surface area contributed by atoms with Crippen molar-refractivity contribution in [2.75, 3.05) is 5.73 Å². The van der Waals surface area contributed by atoms with Crippen LogP contribution in [0.2, 0.25) is 5.02 Å². The van der Waals surface area contributed by atoms with Crippen LogP contribution in [0.25, 0.3) is 21.0 Å². The monoisotopic (exact) mass is 474 g/mol. The van der Waals surface area contributed by atoms with Crippen LogP contribution in [-0.4, -0.2) is 21.8 Å². The number of carbonyl (C=O) groups is 1. The Bertz CT molecular complexity index is 1540. The van der Waals surface area contributed by atoms with E-state index in [4.69, 9.17) is 17.3 Å². The van der Waals surface area contributed by atoms with Gasteiger partial charge in [0.2, 0.25) is 0 Å². The first kappa shape index (κ1) is 21.1. The third kappa shape index (κ3) is 4.16. The summed E-state index contributed by atoms with van der Waals surface area (Å²) in [7, 11) is 0. The molecule has 0 unspecified atom stereocenters. The second-order valence-electron chi connectivity index (χ2n) is 7.60. The van der Waals surface area contributed by atoms with E-state index < -0.39 is 5.91 Å². The van der Waals surface area contributed by atoms with Crippen molar-refractivity contribution in [3.05, 3.63) is 94.0 Å². The number of halogens is 1. The summed E-state index contributed by atoms with van der Waals surface area (Å²) in [4.78, 5) is 12.3. The van der Waals surface area contributed by atoms with Crippen molar-refractivity contribution in [2.45, 2.75) is 6.54 Å². The Labute approximate surface area is 198 Å². The highest BCUT2D eigenvalue weighted by atomic mass is 35.5. The van der Waals surface area contributed by atoms with Crippen molar-refractivity contribution in [3.63, 3.8) is 0 Å². The van der Waals surface area contributed by atoms with Crippen LogP contribution in [0.1, 0.15) is 21.5 Å². The topological polar surface area (TPSA) is 92.6 Å². The molecule has 5 rings (SSSR count). The van der Waals surface area contributed by atoms with Gasteiger partial charge < -0.3 is 15.4 Å². The molecule has 6 nitrogen and oxygen atoms in total. The maximum atomic E-state index is 12.3. The molecular formula is C25H19ClN4O2S. The number of hydrogen-bond acceptors (Lipinski definition) is 5. The Morgan fingerprint density at radius 2 is 2.03 bits per heavy atom. The number of phenolic OH excluding ortho intramolecular Hbond substituents is 1. The van der Waals surface area contributed by atoms with Gasteiger partial charge in [0.15, 0.2) is 0 Å². The molecular weight excluding hydrogens is 456 g/mol. The van der Waals surface area contributed by atoms with E-state index in [1.807, 2.05) is 36.5 Å². The third-order valence-corrected chi connectivity index (χ3v) is 6.71. The van der Waals surface area contributed by atoms with Gasteiger partial charge in [-0.1, -0.05) is 23.7 Å². The fourth-order valence-corrected chi connectivity index (χ4v) is 4.88. The molecule has 1 amide bonds. The number of amides is 1. The molecule has 4 N–H and O–H groups in total. The minimum atomic E-state index is -0.411. The van der Waals surface area contributed by atoms with Crippen molar-refractivity contribution in [1.82, 2.24) is 9.99 Å². The van der Waals surface area contributed by atoms with Gasteiger partial charge in [-0.25, -0.2) is 5.43 Å². The van der Waals surface area contributed by atoms with Gasteiger partial charge in [-0.3, -0.25) is 4.79 Å². The average Bonchev–Trinajstić information content (AvgIpc) is 3.40. The predicted octanol–water partition coefficient (Wildman–Crippen LogP) is 5.61. The lowest BCUT2D eigenvalue weighted by molar-refractivity contribution is 0.0955. The van der Waals surface area contributed by atoms with E-state index in [2.05, 4.69) is 32.6 Å². The maximum absolute atomic E-state index is 12.3. The van der Waals surface area contributed by atoms with E-state index in [0.29, 0.717) is 5.56 Å². The van der Waals surface area contributed by atoms with Crippen molar-refractivity contribution in [3.8, 4) is 5.75 Å². The number of nitrogens with two attached hydrogens (primary N) is 1. The molecule has 5 aromatic rings. The van der Waals surface area contributed by atoms with E-state index >= 15 is 0 Å². The minimum absolute atomic E-state index is 0.0650. The van der Waals surface area contributed by atoms with Gasteiger partial charge in [-0.2, -0.15) is 5.10 Å². The molecule has 3 aromatic carbocycles. The first-order valence-electron chi connectivity index (χ1n) is 10.1. The number of carbonyl (C=O) groups excluding carboxylic acids is 1. The third-order valence-electron chi connectivity index (χ3n) is 5.46. The SMILES string of the molecule is Nc1cc(C(=O)N/N=C/c2cccc3c2ccn3Cc2csc3ccc(Cl)cc23)ccc1O. The van der Waals surface area contributed by atoms with E-state index in [1.165, 1.54) is 33.8 Å². The number of aromatic nitrogens is 1. The Balaban J connectivity index is 1.37. The molecule has 0 aliphatic carbocycles. The number of fused-ring (bicyclic) bond motifs is 2. The fraction of sp³-hybridized carbons (Fsp3) is 0.0400. The first-order chi connectivity index (χ1) is 16.0. The average molecular weight is 475 g/mol. The summed E-state index contributed by atoms with van der Waals surface area (Å²) in [6.45, 7) is 0.726. The molecule has 0 fully saturated rings. The molecule has 0 bridgehead atoms. The van der Waals surface area contributed by atoms with Crippen LogP contribution in [0.15, 0.2) is 77.3 Å². The summed E-state index contributed by atoms with van der Waals surface area (Å²) in [6.07, 6.45) is 3.67. The molecule has 2 heterocycles. The quantitative estimate of drug-likeness (QED) is 0.134. The number of nitrogens with one attached hydrogen (secondary N) is 1. The molecule has 0 saturated carbocycles. The first-order valence-corrected chi connectivity index (χ1v) is 11.4. The van der Waals surface area contributed by atoms with Crippen molar-refractivity contribution in [1.29, 1.82) is 0 Å². The van der Waals surface area contributed by atoms with Gasteiger partial charge in [0.25, 0.3) is 5.91 Å². The second-order valence-corrected chi connectivity index (χ2v) is 8.95. The van der Waals surface area contributed by atoms with Crippen LogP contribution >= 0.6 is 22.9 Å². The molecule has 2 aromatic heterocycles. The van der Waals surface area contributed by atoms with Gasteiger partial charge in [-0.05, 0) is 64.9 Å². The lowest BCUT2D eigenvalue weighted by Crippen LogP contribution is -2.17. The molecule has 0 spiro atoms. The summed E-state index contributed by atoms with van der Waals surface area (Å²) >= 11 is 7.92. The molecule has 8 heteroatoms. The van der Waals surface area contributed by atoms with Crippen molar-refractivity contribution >= 4 is 61.7 Å². The number of anilines is 1. The van der Waals surface area contributed by atoms with Gasteiger partial charge >= 0.3 is 0 Å². The molecule has 0 aliphatic heterocycles. The summed E-state index contributed by atoms with van der Waals surface area (Å²) in [5.74, 6) is -0.476. The Morgan fingerprint density at radius 1 is 1.15 bits per heavy atom.